The van der Waals surface area contributed by atoms with Gasteiger partial charge in [-0.3, -0.25) is 0 Å². The second kappa shape index (κ2) is 5.69. The summed E-state index contributed by atoms with van der Waals surface area (Å²) in [4.78, 5) is 1.23. The third kappa shape index (κ3) is 3.58. The number of benzene rings is 1. The van der Waals surface area contributed by atoms with Crippen LogP contribution in [0.25, 0.3) is 0 Å². The predicted molar refractivity (Wildman–Crippen MR) is 76.9 cm³/mol. The van der Waals surface area contributed by atoms with Crippen molar-refractivity contribution in [2.45, 2.75) is 26.4 Å². The van der Waals surface area contributed by atoms with Crippen molar-refractivity contribution in [3.8, 4) is 5.75 Å². The first-order valence-electron chi connectivity index (χ1n) is 5.61. The van der Waals surface area contributed by atoms with E-state index < -0.39 is 0 Å². The first-order valence-corrected chi connectivity index (χ1v) is 7.28. The molecule has 0 aliphatic heterocycles. The summed E-state index contributed by atoms with van der Waals surface area (Å²) in [5, 5.41) is 2.07. The molecule has 0 spiro atoms. The molecule has 0 aliphatic carbocycles. The molecule has 90 valence electrons. The molecule has 0 amide bonds. The summed E-state index contributed by atoms with van der Waals surface area (Å²) in [6, 6.07) is 10.4. The summed E-state index contributed by atoms with van der Waals surface area (Å²) in [5.74, 6) is 1.48. The molecule has 0 saturated heterocycles. The number of ether oxygens (including phenoxy) is 1. The molecule has 1 aromatic heterocycles. The second-order valence-electron chi connectivity index (χ2n) is 4.25. The van der Waals surface area contributed by atoms with Crippen LogP contribution in [-0.2, 0) is 6.61 Å². The Kier molecular flexibility index (Phi) is 4.24. The Labute approximate surface area is 115 Å². The van der Waals surface area contributed by atoms with E-state index in [1.165, 1.54) is 10.4 Å². The Balaban J connectivity index is 2.01. The van der Waals surface area contributed by atoms with Gasteiger partial charge in [-0.15, -0.1) is 11.3 Å². The molecule has 1 aromatic carbocycles. The van der Waals surface area contributed by atoms with Crippen LogP contribution in [0.5, 0.6) is 5.75 Å². The van der Waals surface area contributed by atoms with Crippen molar-refractivity contribution >= 4 is 27.3 Å². The number of hydrogen-bond acceptors (Lipinski definition) is 2. The van der Waals surface area contributed by atoms with Crippen LogP contribution in [0, 0.1) is 0 Å². The SMILES string of the molecule is CC(C)c1cccc(OCc2cc(Br)cs2)c1. The van der Waals surface area contributed by atoms with Gasteiger partial charge in [-0.1, -0.05) is 26.0 Å². The van der Waals surface area contributed by atoms with Crippen molar-refractivity contribution in [1.82, 2.24) is 0 Å². The fourth-order valence-corrected chi connectivity index (χ4v) is 2.91. The quantitative estimate of drug-likeness (QED) is 0.753. The van der Waals surface area contributed by atoms with Crippen molar-refractivity contribution in [3.63, 3.8) is 0 Å². The van der Waals surface area contributed by atoms with Gasteiger partial charge < -0.3 is 4.74 Å². The lowest BCUT2D eigenvalue weighted by Crippen LogP contribution is -1.94. The van der Waals surface area contributed by atoms with E-state index in [0.717, 1.165) is 10.2 Å². The summed E-state index contributed by atoms with van der Waals surface area (Å²) in [7, 11) is 0. The smallest absolute Gasteiger partial charge is 0.122 e. The van der Waals surface area contributed by atoms with E-state index in [4.69, 9.17) is 4.74 Å². The van der Waals surface area contributed by atoms with Crippen LogP contribution in [0.3, 0.4) is 0 Å². The van der Waals surface area contributed by atoms with Gasteiger partial charge in [-0.25, -0.2) is 0 Å². The average Bonchev–Trinajstić information content (AvgIpc) is 2.73. The molecule has 0 bridgehead atoms. The third-order valence-electron chi connectivity index (χ3n) is 2.53. The van der Waals surface area contributed by atoms with Crippen molar-refractivity contribution < 1.29 is 4.74 Å². The maximum Gasteiger partial charge on any atom is 0.122 e. The van der Waals surface area contributed by atoms with Gasteiger partial charge in [0, 0.05) is 14.7 Å². The van der Waals surface area contributed by atoms with Gasteiger partial charge >= 0.3 is 0 Å². The maximum absolute atomic E-state index is 5.79. The summed E-state index contributed by atoms with van der Waals surface area (Å²) in [6.07, 6.45) is 0. The number of halogens is 1. The number of hydrogen-bond donors (Lipinski definition) is 0. The molecular formula is C14H15BrOS. The summed E-state index contributed by atoms with van der Waals surface area (Å²) in [5.41, 5.74) is 1.31. The highest BCUT2D eigenvalue weighted by Gasteiger charge is 2.02. The van der Waals surface area contributed by atoms with Crippen molar-refractivity contribution in [2.24, 2.45) is 0 Å². The zero-order chi connectivity index (χ0) is 12.3. The van der Waals surface area contributed by atoms with Crippen LogP contribution in [-0.4, -0.2) is 0 Å². The highest BCUT2D eigenvalue weighted by Crippen LogP contribution is 2.23. The fourth-order valence-electron chi connectivity index (χ4n) is 1.55. The van der Waals surface area contributed by atoms with Crippen molar-refractivity contribution in [2.75, 3.05) is 0 Å². The van der Waals surface area contributed by atoms with Gasteiger partial charge in [0.15, 0.2) is 0 Å². The molecule has 0 aliphatic rings. The van der Waals surface area contributed by atoms with E-state index in [1.54, 1.807) is 11.3 Å². The van der Waals surface area contributed by atoms with Crippen molar-refractivity contribution in [3.05, 3.63) is 50.6 Å². The molecule has 0 N–H and O–H groups in total. The monoisotopic (exact) mass is 310 g/mol. The number of thiophene rings is 1. The normalized spacial score (nSPS) is 10.8. The molecule has 0 fully saturated rings. The Hall–Kier alpha value is -0.800. The highest BCUT2D eigenvalue weighted by atomic mass is 79.9. The van der Waals surface area contributed by atoms with Gasteiger partial charge in [-0.2, -0.15) is 0 Å². The van der Waals surface area contributed by atoms with Crippen molar-refractivity contribution in [1.29, 1.82) is 0 Å². The molecule has 0 atom stereocenters. The standard InChI is InChI=1S/C14H15BrOS/c1-10(2)11-4-3-5-13(6-11)16-8-14-7-12(15)9-17-14/h3-7,9-10H,8H2,1-2H3. The minimum absolute atomic E-state index is 0.537. The highest BCUT2D eigenvalue weighted by molar-refractivity contribution is 9.10. The average molecular weight is 311 g/mol. The Morgan fingerprint density at radius 3 is 2.76 bits per heavy atom. The molecule has 0 unspecified atom stereocenters. The van der Waals surface area contributed by atoms with Gasteiger partial charge in [0.2, 0.25) is 0 Å². The van der Waals surface area contributed by atoms with Crippen LogP contribution >= 0.6 is 27.3 Å². The fraction of sp³-hybridized carbons (Fsp3) is 0.286. The summed E-state index contributed by atoms with van der Waals surface area (Å²) in [6.45, 7) is 5.02. The van der Waals surface area contributed by atoms with E-state index >= 15 is 0 Å². The molecule has 1 heterocycles. The first-order chi connectivity index (χ1) is 8.15. The van der Waals surface area contributed by atoms with Gasteiger partial charge in [-0.05, 0) is 45.6 Å². The largest absolute Gasteiger partial charge is 0.488 e. The van der Waals surface area contributed by atoms with Crippen LogP contribution in [0.15, 0.2) is 40.2 Å². The lowest BCUT2D eigenvalue weighted by Gasteiger charge is -2.09. The zero-order valence-corrected chi connectivity index (χ0v) is 12.3. The van der Waals surface area contributed by atoms with E-state index in [9.17, 15) is 0 Å². The Morgan fingerprint density at radius 2 is 2.12 bits per heavy atom. The zero-order valence-electron chi connectivity index (χ0n) is 9.94. The van der Waals surface area contributed by atoms with E-state index in [-0.39, 0.29) is 0 Å². The Bertz CT molecular complexity index is 490. The van der Waals surface area contributed by atoms with Crippen LogP contribution in [0.2, 0.25) is 0 Å². The maximum atomic E-state index is 5.79. The minimum Gasteiger partial charge on any atom is -0.488 e. The molecule has 0 radical (unpaired) electrons. The first kappa shape index (κ1) is 12.7. The number of rotatable bonds is 4. The molecule has 0 saturated carbocycles. The second-order valence-corrected chi connectivity index (χ2v) is 6.16. The van der Waals surface area contributed by atoms with Gasteiger partial charge in [0.05, 0.1) is 0 Å². The molecule has 3 heteroatoms. The molecule has 2 rings (SSSR count). The molecular weight excluding hydrogens is 296 g/mol. The van der Waals surface area contributed by atoms with E-state index in [0.29, 0.717) is 12.5 Å². The summed E-state index contributed by atoms with van der Waals surface area (Å²) < 4.78 is 6.91. The predicted octanol–water partition coefficient (Wildman–Crippen LogP) is 5.21. The lowest BCUT2D eigenvalue weighted by atomic mass is 10.0. The Morgan fingerprint density at radius 1 is 1.29 bits per heavy atom. The summed E-state index contributed by atoms with van der Waals surface area (Å²) >= 11 is 5.15. The minimum atomic E-state index is 0.537. The topological polar surface area (TPSA) is 9.23 Å². The molecule has 2 aromatic rings. The van der Waals surface area contributed by atoms with Crippen LogP contribution in [0.4, 0.5) is 0 Å². The third-order valence-corrected chi connectivity index (χ3v) is 4.20. The molecule has 1 nitrogen and oxygen atoms in total. The lowest BCUT2D eigenvalue weighted by molar-refractivity contribution is 0.309. The van der Waals surface area contributed by atoms with Gasteiger partial charge in [0.1, 0.15) is 12.4 Å². The van der Waals surface area contributed by atoms with E-state index in [2.05, 4.69) is 59.4 Å². The van der Waals surface area contributed by atoms with Crippen LogP contribution < -0.4 is 4.74 Å². The van der Waals surface area contributed by atoms with Gasteiger partial charge in [0.25, 0.3) is 0 Å². The van der Waals surface area contributed by atoms with Crippen LogP contribution in [0.1, 0.15) is 30.2 Å². The van der Waals surface area contributed by atoms with E-state index in [1.807, 2.05) is 6.07 Å². The molecule has 17 heavy (non-hydrogen) atoms.